The molecule has 0 spiro atoms. The molecule has 0 fully saturated rings. The molecule has 1 rings (SSSR count). The van der Waals surface area contributed by atoms with Gasteiger partial charge in [-0.05, 0) is 11.6 Å². The van der Waals surface area contributed by atoms with Gasteiger partial charge in [-0.1, -0.05) is 0 Å². The first-order valence-corrected chi connectivity index (χ1v) is 4.42. The first-order chi connectivity index (χ1) is 7.63. The second-order valence-corrected chi connectivity index (χ2v) is 2.98. The Morgan fingerprint density at radius 1 is 1.44 bits per heavy atom. The number of pyridine rings is 1. The van der Waals surface area contributed by atoms with Crippen LogP contribution in [0.4, 0.5) is 8.78 Å². The van der Waals surface area contributed by atoms with Crippen molar-refractivity contribution in [2.24, 2.45) is 5.73 Å². The van der Waals surface area contributed by atoms with Crippen molar-refractivity contribution in [3.05, 3.63) is 28.6 Å². The first kappa shape index (κ1) is 12.0. The van der Waals surface area contributed by atoms with Gasteiger partial charge in [0.05, 0.1) is 23.7 Å². The Bertz CT molecular complexity index is 471. The topological polar surface area (TPSA) is 86.5 Å². The van der Waals surface area contributed by atoms with Crippen LogP contribution < -0.4 is 5.73 Å². The molecular weight excluding hydrogens is 214 g/mol. The molecule has 16 heavy (non-hydrogen) atoms. The van der Waals surface area contributed by atoms with Crippen molar-refractivity contribution in [2.45, 2.75) is 19.4 Å². The summed E-state index contributed by atoms with van der Waals surface area (Å²) in [5, 5.41) is 17.2. The Morgan fingerprint density at radius 2 is 2.12 bits per heavy atom. The highest BCUT2D eigenvalue weighted by atomic mass is 19.3. The van der Waals surface area contributed by atoms with Crippen LogP contribution >= 0.6 is 0 Å². The lowest BCUT2D eigenvalue weighted by Crippen LogP contribution is -2.08. The summed E-state index contributed by atoms with van der Waals surface area (Å²) in [6, 6.07) is 4.57. The summed E-state index contributed by atoms with van der Waals surface area (Å²) in [6.45, 7) is 0.00937. The molecule has 1 aromatic rings. The van der Waals surface area contributed by atoms with E-state index in [2.05, 4.69) is 4.98 Å². The molecule has 0 aliphatic heterocycles. The van der Waals surface area contributed by atoms with Crippen molar-refractivity contribution >= 4 is 0 Å². The first-order valence-electron chi connectivity index (χ1n) is 4.42. The lowest BCUT2D eigenvalue weighted by molar-refractivity contribution is 0.150. The normalized spacial score (nSPS) is 9.88. The zero-order chi connectivity index (χ0) is 12.1. The van der Waals surface area contributed by atoms with E-state index in [1.165, 1.54) is 0 Å². The molecule has 1 aromatic heterocycles. The SMILES string of the molecule is N#CCc1nc(C#N)c(C(F)F)cc1CN. The van der Waals surface area contributed by atoms with Crippen LogP contribution in [0.3, 0.4) is 0 Å². The van der Waals surface area contributed by atoms with Gasteiger partial charge in [-0.2, -0.15) is 10.5 Å². The molecule has 1 heterocycles. The molecule has 0 aliphatic carbocycles. The van der Waals surface area contributed by atoms with Gasteiger partial charge in [-0.3, -0.25) is 0 Å². The van der Waals surface area contributed by atoms with Crippen LogP contribution in [-0.2, 0) is 13.0 Å². The van der Waals surface area contributed by atoms with Crippen molar-refractivity contribution in [1.82, 2.24) is 4.98 Å². The van der Waals surface area contributed by atoms with Gasteiger partial charge in [-0.25, -0.2) is 13.8 Å². The molecule has 4 nitrogen and oxygen atoms in total. The second-order valence-electron chi connectivity index (χ2n) is 2.98. The molecule has 0 saturated heterocycles. The zero-order valence-electron chi connectivity index (χ0n) is 8.24. The minimum atomic E-state index is -2.77. The van der Waals surface area contributed by atoms with Gasteiger partial charge >= 0.3 is 0 Å². The van der Waals surface area contributed by atoms with Crippen molar-refractivity contribution in [3.63, 3.8) is 0 Å². The molecule has 0 aromatic carbocycles. The molecule has 0 radical (unpaired) electrons. The molecular formula is C10H8F2N4. The van der Waals surface area contributed by atoms with E-state index in [9.17, 15) is 8.78 Å². The van der Waals surface area contributed by atoms with Gasteiger partial charge in [-0.15, -0.1) is 0 Å². The fraction of sp³-hybridized carbons (Fsp3) is 0.300. The van der Waals surface area contributed by atoms with Gasteiger partial charge in [0.1, 0.15) is 11.8 Å². The number of halogens is 2. The number of alkyl halides is 2. The average molecular weight is 222 g/mol. The summed E-state index contributed by atoms with van der Waals surface area (Å²) in [5.41, 5.74) is 5.23. The molecule has 82 valence electrons. The molecule has 0 unspecified atom stereocenters. The highest BCUT2D eigenvalue weighted by molar-refractivity contribution is 5.38. The summed E-state index contributed by atoms with van der Waals surface area (Å²) in [4.78, 5) is 3.73. The van der Waals surface area contributed by atoms with Crippen molar-refractivity contribution < 1.29 is 8.78 Å². The van der Waals surface area contributed by atoms with Crippen molar-refractivity contribution in [3.8, 4) is 12.1 Å². The third-order valence-corrected chi connectivity index (χ3v) is 2.03. The molecule has 0 amide bonds. The Balaban J connectivity index is 3.36. The Hall–Kier alpha value is -2.05. The summed E-state index contributed by atoms with van der Waals surface area (Å²) in [6.07, 6.45) is -2.83. The van der Waals surface area contributed by atoms with Crippen LogP contribution in [0.2, 0.25) is 0 Å². The number of aromatic nitrogens is 1. The Morgan fingerprint density at radius 3 is 2.56 bits per heavy atom. The van der Waals surface area contributed by atoms with Gasteiger partial charge in [0, 0.05) is 6.54 Å². The smallest absolute Gasteiger partial charge is 0.266 e. The summed E-state index contributed by atoms with van der Waals surface area (Å²) >= 11 is 0. The standard InChI is InChI=1S/C10H8F2N4/c11-10(12)7-3-6(4-14)8(1-2-13)16-9(7)5-15/h3,10H,1,4,14H2. The fourth-order valence-corrected chi connectivity index (χ4v) is 1.27. The minimum absolute atomic E-state index is 0.00937. The Labute approximate surface area is 90.9 Å². The predicted molar refractivity (Wildman–Crippen MR) is 51.1 cm³/mol. The van der Waals surface area contributed by atoms with E-state index < -0.39 is 12.0 Å². The molecule has 0 saturated carbocycles. The van der Waals surface area contributed by atoms with Gasteiger partial charge in [0.25, 0.3) is 6.43 Å². The summed E-state index contributed by atoms with van der Waals surface area (Å²) < 4.78 is 25.1. The van der Waals surface area contributed by atoms with Crippen LogP contribution in [0.15, 0.2) is 6.07 Å². The molecule has 2 N–H and O–H groups in total. The fourth-order valence-electron chi connectivity index (χ4n) is 1.27. The summed E-state index contributed by atoms with van der Waals surface area (Å²) in [7, 11) is 0. The Kier molecular flexibility index (Phi) is 3.87. The number of nitriles is 2. The molecule has 0 bridgehead atoms. The van der Waals surface area contributed by atoms with E-state index >= 15 is 0 Å². The van der Waals surface area contributed by atoms with Crippen LogP contribution in [0.1, 0.15) is 28.9 Å². The largest absolute Gasteiger partial charge is 0.326 e. The van der Waals surface area contributed by atoms with E-state index in [4.69, 9.17) is 16.3 Å². The number of hydrogen-bond acceptors (Lipinski definition) is 4. The van der Waals surface area contributed by atoms with Crippen molar-refractivity contribution in [1.29, 1.82) is 10.5 Å². The van der Waals surface area contributed by atoms with E-state index in [1.54, 1.807) is 6.07 Å². The van der Waals surface area contributed by atoms with Gasteiger partial charge in [0.2, 0.25) is 0 Å². The summed E-state index contributed by atoms with van der Waals surface area (Å²) in [5.74, 6) is 0. The monoisotopic (exact) mass is 222 g/mol. The van der Waals surface area contributed by atoms with Crippen molar-refractivity contribution in [2.75, 3.05) is 0 Å². The quantitative estimate of drug-likeness (QED) is 0.837. The number of hydrogen-bond donors (Lipinski definition) is 1. The second kappa shape index (κ2) is 5.15. The molecule has 0 aliphatic rings. The van der Waals surface area contributed by atoms with E-state index in [0.717, 1.165) is 6.07 Å². The lowest BCUT2D eigenvalue weighted by atomic mass is 10.1. The number of nitrogens with two attached hydrogens (primary N) is 1. The lowest BCUT2D eigenvalue weighted by Gasteiger charge is -2.08. The van der Waals surface area contributed by atoms with Crippen LogP contribution in [-0.4, -0.2) is 4.98 Å². The van der Waals surface area contributed by atoms with Gasteiger partial charge < -0.3 is 5.73 Å². The van der Waals surface area contributed by atoms with Crippen LogP contribution in [0, 0.1) is 22.7 Å². The van der Waals surface area contributed by atoms with Crippen LogP contribution in [0.5, 0.6) is 0 Å². The predicted octanol–water partition coefficient (Wildman–Crippen LogP) is 1.42. The zero-order valence-corrected chi connectivity index (χ0v) is 8.24. The number of rotatable bonds is 3. The van der Waals surface area contributed by atoms with E-state index in [1.807, 2.05) is 6.07 Å². The molecule has 0 atom stereocenters. The van der Waals surface area contributed by atoms with Crippen LogP contribution in [0.25, 0.3) is 0 Å². The van der Waals surface area contributed by atoms with E-state index in [-0.39, 0.29) is 24.4 Å². The third kappa shape index (κ3) is 2.30. The highest BCUT2D eigenvalue weighted by Gasteiger charge is 2.17. The average Bonchev–Trinajstić information content (AvgIpc) is 2.28. The van der Waals surface area contributed by atoms with E-state index in [0.29, 0.717) is 5.56 Å². The maximum absolute atomic E-state index is 12.6. The maximum atomic E-state index is 12.6. The maximum Gasteiger partial charge on any atom is 0.266 e. The highest BCUT2D eigenvalue weighted by Crippen LogP contribution is 2.24. The molecule has 6 heteroatoms. The third-order valence-electron chi connectivity index (χ3n) is 2.03. The minimum Gasteiger partial charge on any atom is -0.326 e. The van der Waals surface area contributed by atoms with Gasteiger partial charge in [0.15, 0.2) is 0 Å². The number of nitrogens with zero attached hydrogens (tertiary/aromatic N) is 3.